The molecule has 0 aliphatic carbocycles. The molecule has 0 saturated carbocycles. The molecule has 1 heterocycles. The van der Waals surface area contributed by atoms with Gasteiger partial charge in [-0.1, -0.05) is 0 Å². The van der Waals surface area contributed by atoms with Crippen molar-refractivity contribution in [3.8, 4) is 0 Å². The number of halogens is 1. The Morgan fingerprint density at radius 2 is 2.55 bits per heavy atom. The van der Waals surface area contributed by atoms with Gasteiger partial charge in [0.1, 0.15) is 0 Å². The highest BCUT2D eigenvalue weighted by molar-refractivity contribution is 9.10. The van der Waals surface area contributed by atoms with Gasteiger partial charge in [-0.3, -0.25) is 4.79 Å². The van der Waals surface area contributed by atoms with Gasteiger partial charge in [-0.15, -0.1) is 0 Å². The number of hydrogen-bond acceptors (Lipinski definition) is 3. The highest BCUT2D eigenvalue weighted by atomic mass is 79.9. The molecule has 0 fully saturated rings. The van der Waals surface area contributed by atoms with E-state index in [4.69, 9.17) is 5.11 Å². The lowest BCUT2D eigenvalue weighted by Crippen LogP contribution is -2.05. The Labute approximate surface area is 76.4 Å². The maximum Gasteiger partial charge on any atom is 0.311 e. The first-order chi connectivity index (χ1) is 5.13. The lowest BCUT2D eigenvalue weighted by molar-refractivity contribution is -0.138. The number of nitrogens with zero attached hydrogens (tertiary/aromatic N) is 1. The first-order valence-electron chi connectivity index (χ1n) is 2.95. The van der Waals surface area contributed by atoms with Crippen LogP contribution >= 0.6 is 27.5 Å². The van der Waals surface area contributed by atoms with Crippen LogP contribution in [-0.4, -0.2) is 15.4 Å². The number of rotatable bonds is 2. The van der Waals surface area contributed by atoms with E-state index in [9.17, 15) is 4.79 Å². The molecule has 0 aromatic carbocycles. The topological polar surface area (TPSA) is 50.2 Å². The third-order valence-electron chi connectivity index (χ3n) is 1.32. The molecular formula is C6H6BrNO2S. The smallest absolute Gasteiger partial charge is 0.311 e. The predicted octanol–water partition coefficient (Wildman–Crippen LogP) is 2.09. The van der Waals surface area contributed by atoms with Crippen molar-refractivity contribution < 1.29 is 9.90 Å². The summed E-state index contributed by atoms with van der Waals surface area (Å²) in [7, 11) is 0. The van der Waals surface area contributed by atoms with E-state index >= 15 is 0 Å². The minimum Gasteiger partial charge on any atom is -0.481 e. The predicted molar refractivity (Wildman–Crippen MR) is 45.9 cm³/mol. The molecule has 1 aromatic rings. The summed E-state index contributed by atoms with van der Waals surface area (Å²) in [5.74, 6) is -1.30. The highest BCUT2D eigenvalue weighted by Crippen LogP contribution is 2.27. The number of carbonyl (C=O) groups is 1. The zero-order valence-electron chi connectivity index (χ0n) is 5.74. The summed E-state index contributed by atoms with van der Waals surface area (Å²) in [6.45, 7) is 1.64. The average molecular weight is 236 g/mol. The van der Waals surface area contributed by atoms with Gasteiger partial charge in [-0.05, 0) is 34.4 Å². The van der Waals surface area contributed by atoms with Crippen molar-refractivity contribution in [3.05, 3.63) is 15.5 Å². The largest absolute Gasteiger partial charge is 0.481 e. The monoisotopic (exact) mass is 235 g/mol. The van der Waals surface area contributed by atoms with Crippen molar-refractivity contribution in [2.75, 3.05) is 0 Å². The van der Waals surface area contributed by atoms with E-state index in [0.717, 1.165) is 9.35 Å². The van der Waals surface area contributed by atoms with Gasteiger partial charge >= 0.3 is 5.97 Å². The van der Waals surface area contributed by atoms with Gasteiger partial charge in [-0.25, -0.2) is 0 Å². The number of carboxylic acids is 1. The highest BCUT2D eigenvalue weighted by Gasteiger charge is 2.18. The number of aromatic nitrogens is 1. The van der Waals surface area contributed by atoms with E-state index in [1.807, 2.05) is 0 Å². The van der Waals surface area contributed by atoms with Crippen molar-refractivity contribution in [1.82, 2.24) is 4.37 Å². The Kier molecular flexibility index (Phi) is 2.62. The molecule has 0 aliphatic rings. The van der Waals surface area contributed by atoms with E-state index in [1.165, 1.54) is 11.5 Å². The zero-order chi connectivity index (χ0) is 8.43. The fraction of sp³-hybridized carbons (Fsp3) is 0.333. The van der Waals surface area contributed by atoms with Gasteiger partial charge < -0.3 is 5.11 Å². The van der Waals surface area contributed by atoms with Crippen molar-refractivity contribution in [1.29, 1.82) is 0 Å². The average Bonchev–Trinajstić information content (AvgIpc) is 2.33. The van der Waals surface area contributed by atoms with Gasteiger partial charge in [0.15, 0.2) is 0 Å². The third kappa shape index (κ3) is 1.78. The van der Waals surface area contributed by atoms with Crippen LogP contribution in [0.15, 0.2) is 10.7 Å². The molecule has 0 radical (unpaired) electrons. The van der Waals surface area contributed by atoms with Crippen LogP contribution in [0.3, 0.4) is 0 Å². The number of aliphatic carboxylic acids is 1. The molecule has 1 atom stereocenters. The maximum atomic E-state index is 10.5. The molecule has 0 bridgehead atoms. The summed E-state index contributed by atoms with van der Waals surface area (Å²) >= 11 is 4.43. The summed E-state index contributed by atoms with van der Waals surface area (Å²) < 4.78 is 4.63. The molecular weight excluding hydrogens is 230 g/mol. The van der Waals surface area contributed by atoms with Crippen LogP contribution in [0.1, 0.15) is 17.7 Å². The molecule has 1 N–H and O–H groups in total. The molecule has 3 nitrogen and oxygen atoms in total. The fourth-order valence-corrected chi connectivity index (χ4v) is 2.10. The number of hydrogen-bond donors (Lipinski definition) is 1. The summed E-state index contributed by atoms with van der Waals surface area (Å²) in [6, 6.07) is 0. The van der Waals surface area contributed by atoms with Gasteiger partial charge in [0.25, 0.3) is 0 Å². The van der Waals surface area contributed by atoms with Crippen LogP contribution in [0, 0.1) is 0 Å². The van der Waals surface area contributed by atoms with Gasteiger partial charge in [0.2, 0.25) is 0 Å². The maximum absolute atomic E-state index is 10.5. The fourth-order valence-electron chi connectivity index (χ4n) is 0.635. The molecule has 0 spiro atoms. The first-order valence-corrected chi connectivity index (χ1v) is 4.52. The minimum absolute atomic E-state index is 0.475. The number of carboxylic acid groups (broad SMARTS) is 1. The second kappa shape index (κ2) is 3.32. The molecule has 0 amide bonds. The molecule has 0 saturated heterocycles. The molecule has 5 heteroatoms. The lowest BCUT2D eigenvalue weighted by Gasteiger charge is -2.01. The van der Waals surface area contributed by atoms with Crippen LogP contribution in [0.2, 0.25) is 0 Å². The Balaban J connectivity index is 2.92. The molecule has 1 aromatic heterocycles. The summed E-state index contributed by atoms with van der Waals surface area (Å²) in [6.07, 6.45) is 1.61. The van der Waals surface area contributed by atoms with Gasteiger partial charge in [-0.2, -0.15) is 4.37 Å². The Hall–Kier alpha value is -0.420. The molecule has 0 aliphatic heterocycles. The van der Waals surface area contributed by atoms with E-state index in [1.54, 1.807) is 13.1 Å². The van der Waals surface area contributed by atoms with Crippen LogP contribution in [0.25, 0.3) is 0 Å². The van der Waals surface area contributed by atoms with E-state index < -0.39 is 11.9 Å². The summed E-state index contributed by atoms with van der Waals surface area (Å²) in [5, 5.41) is 8.64. The molecule has 11 heavy (non-hydrogen) atoms. The van der Waals surface area contributed by atoms with Crippen molar-refractivity contribution in [2.24, 2.45) is 0 Å². The van der Waals surface area contributed by atoms with Gasteiger partial charge in [0, 0.05) is 0 Å². The van der Waals surface area contributed by atoms with Crippen LogP contribution < -0.4 is 0 Å². The summed E-state index contributed by atoms with van der Waals surface area (Å²) in [5.41, 5.74) is 0. The van der Waals surface area contributed by atoms with Crippen molar-refractivity contribution in [3.63, 3.8) is 0 Å². The quantitative estimate of drug-likeness (QED) is 0.855. The first kappa shape index (κ1) is 8.67. The van der Waals surface area contributed by atoms with Crippen LogP contribution in [0.5, 0.6) is 0 Å². The van der Waals surface area contributed by atoms with Crippen LogP contribution in [0.4, 0.5) is 0 Å². The van der Waals surface area contributed by atoms with Gasteiger partial charge in [0.05, 0.1) is 21.5 Å². The van der Waals surface area contributed by atoms with Crippen molar-refractivity contribution in [2.45, 2.75) is 12.8 Å². The molecule has 60 valence electrons. The van der Waals surface area contributed by atoms with Crippen LogP contribution in [-0.2, 0) is 4.79 Å². The second-order valence-electron chi connectivity index (χ2n) is 2.10. The third-order valence-corrected chi connectivity index (χ3v) is 3.19. The Morgan fingerprint density at radius 3 is 2.91 bits per heavy atom. The molecule has 1 rings (SSSR count). The van der Waals surface area contributed by atoms with E-state index in [-0.39, 0.29) is 0 Å². The normalized spacial score (nSPS) is 12.9. The standard InChI is InChI=1S/C6H6BrNO2S/c1-3(6(9)10)5-4(7)2-8-11-5/h2-3H,1H3,(H,9,10). The lowest BCUT2D eigenvalue weighted by atomic mass is 10.1. The Bertz CT molecular complexity index is 273. The van der Waals surface area contributed by atoms with Crippen molar-refractivity contribution >= 4 is 33.4 Å². The zero-order valence-corrected chi connectivity index (χ0v) is 8.15. The SMILES string of the molecule is CC(C(=O)O)c1sncc1Br. The van der Waals surface area contributed by atoms with E-state index in [0.29, 0.717) is 0 Å². The molecule has 1 unspecified atom stereocenters. The summed E-state index contributed by atoms with van der Waals surface area (Å²) in [4.78, 5) is 11.3. The van der Waals surface area contributed by atoms with E-state index in [2.05, 4.69) is 20.3 Å². The Morgan fingerprint density at radius 1 is 1.91 bits per heavy atom. The second-order valence-corrected chi connectivity index (χ2v) is 3.79. The minimum atomic E-state index is -0.824.